The van der Waals surface area contributed by atoms with Crippen molar-refractivity contribution in [3.05, 3.63) is 27.8 Å². The van der Waals surface area contributed by atoms with Crippen LogP contribution in [-0.2, 0) is 4.79 Å². The summed E-state index contributed by atoms with van der Waals surface area (Å²) in [7, 11) is 1.35. The maximum absolute atomic E-state index is 12.6. The zero-order valence-electron chi connectivity index (χ0n) is 15.4. The lowest BCUT2D eigenvalue weighted by Crippen LogP contribution is -2.44. The minimum Gasteiger partial charge on any atom is -0.493 e. The Hall–Kier alpha value is -2.84. The van der Waals surface area contributed by atoms with E-state index in [0.717, 1.165) is 25.3 Å². The first-order valence-electron chi connectivity index (χ1n) is 8.85. The summed E-state index contributed by atoms with van der Waals surface area (Å²) in [5.41, 5.74) is -1.65. The average molecular weight is 380 g/mol. The second-order valence-corrected chi connectivity index (χ2v) is 6.54. The third-order valence-corrected chi connectivity index (χ3v) is 4.87. The van der Waals surface area contributed by atoms with Crippen molar-refractivity contribution in [2.24, 2.45) is 5.41 Å². The summed E-state index contributed by atoms with van der Waals surface area (Å²) in [6.45, 7) is 1.95. The number of aliphatic carboxylic acids is 1. The summed E-state index contributed by atoms with van der Waals surface area (Å²) < 4.78 is 10.5. The molecule has 0 saturated heterocycles. The molecule has 1 aromatic rings. The molecule has 0 radical (unpaired) electrons. The molecule has 0 aliphatic heterocycles. The number of nitrogens with zero attached hydrogens (tertiary/aromatic N) is 1. The highest BCUT2D eigenvalue weighted by Crippen LogP contribution is 2.37. The van der Waals surface area contributed by atoms with E-state index in [2.05, 4.69) is 5.32 Å². The molecule has 0 spiro atoms. The molecule has 1 aliphatic rings. The third-order valence-electron chi connectivity index (χ3n) is 4.87. The number of hydrogen-bond acceptors (Lipinski definition) is 6. The van der Waals surface area contributed by atoms with Crippen LogP contribution < -0.4 is 14.8 Å². The lowest BCUT2D eigenvalue weighted by atomic mass is 9.74. The van der Waals surface area contributed by atoms with Gasteiger partial charge in [0.05, 0.1) is 30.1 Å². The number of carbonyl (C=O) groups is 2. The number of nitro groups is 1. The molecule has 0 unspecified atom stereocenters. The van der Waals surface area contributed by atoms with Gasteiger partial charge in [-0.3, -0.25) is 19.7 Å². The van der Waals surface area contributed by atoms with E-state index in [-0.39, 0.29) is 30.2 Å². The van der Waals surface area contributed by atoms with Gasteiger partial charge in [-0.2, -0.15) is 0 Å². The number of hydrogen-bond donors (Lipinski definition) is 2. The lowest BCUT2D eigenvalue weighted by molar-refractivity contribution is -0.385. The summed E-state index contributed by atoms with van der Waals surface area (Å²) in [5, 5.41) is 23.5. The number of carboxylic acid groups (broad SMARTS) is 1. The summed E-state index contributed by atoms with van der Waals surface area (Å²) in [6, 6.07) is 2.39. The van der Waals surface area contributed by atoms with Crippen molar-refractivity contribution >= 4 is 17.6 Å². The Bertz CT molecular complexity index is 727. The molecule has 0 atom stereocenters. The lowest BCUT2D eigenvalue weighted by Gasteiger charge is -2.33. The molecule has 1 aromatic carbocycles. The Balaban J connectivity index is 2.29. The van der Waals surface area contributed by atoms with E-state index in [9.17, 15) is 24.8 Å². The minimum absolute atomic E-state index is 0.0751. The van der Waals surface area contributed by atoms with Gasteiger partial charge in [0, 0.05) is 12.6 Å². The molecular weight excluding hydrogens is 356 g/mol. The van der Waals surface area contributed by atoms with Crippen molar-refractivity contribution in [1.29, 1.82) is 0 Å². The van der Waals surface area contributed by atoms with Crippen molar-refractivity contribution in [3.8, 4) is 11.5 Å². The maximum Gasteiger partial charge on any atom is 0.311 e. The fourth-order valence-electron chi connectivity index (χ4n) is 3.35. The minimum atomic E-state index is -1.03. The number of ether oxygens (including phenoxy) is 2. The molecule has 1 aliphatic carbocycles. The highest BCUT2D eigenvalue weighted by Gasteiger charge is 2.40. The number of methoxy groups -OCH3 is 1. The monoisotopic (exact) mass is 380 g/mol. The molecule has 0 bridgehead atoms. The first kappa shape index (κ1) is 20.5. The fraction of sp³-hybridized carbons (Fsp3) is 0.556. The van der Waals surface area contributed by atoms with Crippen LogP contribution in [0.15, 0.2) is 12.1 Å². The van der Waals surface area contributed by atoms with Gasteiger partial charge in [0.2, 0.25) is 0 Å². The van der Waals surface area contributed by atoms with Gasteiger partial charge in [0.15, 0.2) is 11.5 Å². The van der Waals surface area contributed by atoms with Crippen molar-refractivity contribution in [3.63, 3.8) is 0 Å². The Kier molecular flexibility index (Phi) is 6.59. The van der Waals surface area contributed by atoms with Crippen LogP contribution in [0.4, 0.5) is 5.69 Å². The van der Waals surface area contributed by atoms with Crippen LogP contribution in [0.2, 0.25) is 0 Å². The van der Waals surface area contributed by atoms with Crippen LogP contribution in [0, 0.1) is 15.5 Å². The van der Waals surface area contributed by atoms with Crippen molar-refractivity contribution in [2.75, 3.05) is 20.3 Å². The van der Waals surface area contributed by atoms with Crippen LogP contribution in [0.25, 0.3) is 0 Å². The Morgan fingerprint density at radius 2 is 1.93 bits per heavy atom. The van der Waals surface area contributed by atoms with Crippen LogP contribution in [0.1, 0.15) is 49.4 Å². The number of amides is 1. The summed E-state index contributed by atoms with van der Waals surface area (Å²) in [4.78, 5) is 35.1. The van der Waals surface area contributed by atoms with E-state index in [1.807, 2.05) is 0 Å². The molecule has 9 heteroatoms. The van der Waals surface area contributed by atoms with Gasteiger partial charge in [-0.05, 0) is 19.8 Å². The van der Waals surface area contributed by atoms with E-state index >= 15 is 0 Å². The third kappa shape index (κ3) is 4.47. The zero-order valence-corrected chi connectivity index (χ0v) is 15.4. The van der Waals surface area contributed by atoms with Gasteiger partial charge in [-0.25, -0.2) is 0 Å². The highest BCUT2D eigenvalue weighted by atomic mass is 16.6. The van der Waals surface area contributed by atoms with E-state index in [4.69, 9.17) is 9.47 Å². The molecule has 1 fully saturated rings. The number of benzene rings is 1. The molecule has 2 rings (SSSR count). The van der Waals surface area contributed by atoms with Crippen molar-refractivity contribution in [2.45, 2.75) is 39.0 Å². The van der Waals surface area contributed by atoms with Gasteiger partial charge in [-0.1, -0.05) is 19.3 Å². The largest absolute Gasteiger partial charge is 0.493 e. The van der Waals surface area contributed by atoms with Crippen LogP contribution in [0.5, 0.6) is 11.5 Å². The zero-order chi connectivity index (χ0) is 20.0. The van der Waals surface area contributed by atoms with Crippen molar-refractivity contribution in [1.82, 2.24) is 5.32 Å². The van der Waals surface area contributed by atoms with Crippen LogP contribution >= 0.6 is 0 Å². The van der Waals surface area contributed by atoms with E-state index < -0.39 is 27.9 Å². The van der Waals surface area contributed by atoms with E-state index in [0.29, 0.717) is 12.8 Å². The summed E-state index contributed by atoms with van der Waals surface area (Å²) in [6.07, 6.45) is 3.46. The molecule has 9 nitrogen and oxygen atoms in total. The highest BCUT2D eigenvalue weighted by molar-refractivity contribution is 5.99. The Labute approximate surface area is 156 Å². The molecule has 0 heterocycles. The smallest absolute Gasteiger partial charge is 0.311 e. The van der Waals surface area contributed by atoms with Gasteiger partial charge in [0.1, 0.15) is 5.56 Å². The van der Waals surface area contributed by atoms with E-state index in [1.54, 1.807) is 6.92 Å². The normalized spacial score (nSPS) is 15.6. The summed E-state index contributed by atoms with van der Waals surface area (Å²) in [5.74, 6) is -1.31. The second-order valence-electron chi connectivity index (χ2n) is 6.54. The first-order valence-corrected chi connectivity index (χ1v) is 8.85. The predicted octanol–water partition coefficient (Wildman–Crippen LogP) is 2.77. The Morgan fingerprint density at radius 1 is 1.26 bits per heavy atom. The van der Waals surface area contributed by atoms with Crippen molar-refractivity contribution < 1.29 is 29.1 Å². The molecule has 0 aromatic heterocycles. The number of carboxylic acids is 1. The molecular formula is C18H24N2O7. The second kappa shape index (κ2) is 8.70. The SMILES string of the molecule is CCOc1cc(C(=O)NCC2(C(=O)O)CCCCC2)c([N+](=O)[O-])cc1OC. The Morgan fingerprint density at radius 3 is 2.44 bits per heavy atom. The van der Waals surface area contributed by atoms with Crippen LogP contribution in [0.3, 0.4) is 0 Å². The fourth-order valence-corrected chi connectivity index (χ4v) is 3.35. The molecule has 2 N–H and O–H groups in total. The predicted molar refractivity (Wildman–Crippen MR) is 96.3 cm³/mol. The molecule has 27 heavy (non-hydrogen) atoms. The van der Waals surface area contributed by atoms with Gasteiger partial charge < -0.3 is 19.9 Å². The summed E-state index contributed by atoms with van der Waals surface area (Å²) >= 11 is 0. The van der Waals surface area contributed by atoms with Gasteiger partial charge >= 0.3 is 5.97 Å². The first-order chi connectivity index (χ1) is 12.8. The average Bonchev–Trinajstić information content (AvgIpc) is 2.66. The topological polar surface area (TPSA) is 128 Å². The molecule has 1 saturated carbocycles. The number of nitro benzene ring substituents is 1. The van der Waals surface area contributed by atoms with Gasteiger partial charge in [0.25, 0.3) is 11.6 Å². The maximum atomic E-state index is 12.6. The number of nitrogens with one attached hydrogen (secondary N) is 1. The number of rotatable bonds is 8. The van der Waals surface area contributed by atoms with Crippen LogP contribution in [-0.4, -0.2) is 42.2 Å². The molecule has 1 amide bonds. The standard InChI is InChI=1S/C18H24N2O7/c1-3-27-15-9-12(13(20(24)25)10-14(15)26-2)16(21)19-11-18(17(22)23)7-5-4-6-8-18/h9-10H,3-8,11H2,1-2H3,(H,19,21)(H,22,23). The molecule has 148 valence electrons. The van der Waals surface area contributed by atoms with E-state index in [1.165, 1.54) is 13.2 Å². The quantitative estimate of drug-likeness (QED) is 0.524. The number of carbonyl (C=O) groups excluding carboxylic acids is 1. The van der Waals surface area contributed by atoms with Gasteiger partial charge in [-0.15, -0.1) is 0 Å².